The molecule has 0 bridgehead atoms. The highest BCUT2D eigenvalue weighted by atomic mass is 35.5. The third kappa shape index (κ3) is 2.44. The summed E-state index contributed by atoms with van der Waals surface area (Å²) < 4.78 is 6.02. The Morgan fingerprint density at radius 2 is 2.04 bits per heavy atom. The first-order valence-electron chi connectivity index (χ1n) is 8.31. The van der Waals surface area contributed by atoms with Crippen molar-refractivity contribution in [3.63, 3.8) is 0 Å². The van der Waals surface area contributed by atoms with Crippen molar-refractivity contribution in [3.8, 4) is 17.0 Å². The summed E-state index contributed by atoms with van der Waals surface area (Å²) in [5.41, 5.74) is 6.63. The van der Waals surface area contributed by atoms with E-state index in [0.717, 1.165) is 11.1 Å². The number of likely N-dealkylation sites (N-methyl/N-ethyl adjacent to an activating group) is 1. The maximum atomic E-state index is 13.1. The number of amides is 1. The largest absolute Gasteiger partial charge is 0.471 e. The van der Waals surface area contributed by atoms with Crippen LogP contribution in [0.2, 0.25) is 5.02 Å². The minimum Gasteiger partial charge on any atom is -0.471 e. The maximum Gasteiger partial charge on any atom is 0.262 e. The minimum atomic E-state index is -1.11. The predicted molar refractivity (Wildman–Crippen MR) is 100 cm³/mol. The Kier molecular flexibility index (Phi) is 3.53. The normalized spacial score (nSPS) is 23.6. The van der Waals surface area contributed by atoms with Gasteiger partial charge in [-0.05, 0) is 37.6 Å². The Bertz CT molecular complexity index is 956. The summed E-state index contributed by atoms with van der Waals surface area (Å²) in [5.74, 6) is 0.441. The molecule has 2 N–H and O–H groups in total. The van der Waals surface area contributed by atoms with E-state index in [1.807, 2.05) is 44.2 Å². The second-order valence-electron chi connectivity index (χ2n) is 7.32. The molecule has 0 fully saturated rings. The Labute approximate surface area is 156 Å². The van der Waals surface area contributed by atoms with Gasteiger partial charge in [0.2, 0.25) is 5.88 Å². The van der Waals surface area contributed by atoms with Gasteiger partial charge in [-0.2, -0.15) is 0 Å². The van der Waals surface area contributed by atoms with Gasteiger partial charge in [0.1, 0.15) is 5.60 Å². The second kappa shape index (κ2) is 5.45. The zero-order chi connectivity index (χ0) is 18.7. The van der Waals surface area contributed by atoms with Crippen LogP contribution < -0.4 is 10.5 Å². The summed E-state index contributed by atoms with van der Waals surface area (Å²) in [6.07, 6.45) is 2.10. The summed E-state index contributed by atoms with van der Waals surface area (Å²) >= 11 is 6.11. The lowest BCUT2D eigenvalue weighted by Gasteiger charge is -2.40. The number of hydrogen-bond donors (Lipinski definition) is 1. The molecule has 1 atom stereocenters. The molecule has 134 valence electrons. The van der Waals surface area contributed by atoms with Gasteiger partial charge in [-0.25, -0.2) is 9.98 Å². The van der Waals surface area contributed by atoms with E-state index >= 15 is 0 Å². The van der Waals surface area contributed by atoms with Crippen LogP contribution in [0.15, 0.2) is 41.5 Å². The molecular weight excluding hydrogens is 352 g/mol. The Hall–Kier alpha value is -2.60. The molecule has 2 aliphatic rings. The standard InChI is InChI=1S/C19H19ClN4O2/c1-18(2)10-19(16(25)24(3)17(21)23-19)14-8-12(9-22-15(14)26-18)11-5-4-6-13(20)7-11/h4-9H,10H2,1-3H3,(H2,21,23). The maximum absolute atomic E-state index is 13.1. The van der Waals surface area contributed by atoms with Crippen LogP contribution in [0.3, 0.4) is 0 Å². The molecule has 1 amide bonds. The zero-order valence-electron chi connectivity index (χ0n) is 14.8. The first-order chi connectivity index (χ1) is 12.2. The number of ether oxygens (including phenoxy) is 1. The number of nitrogens with zero attached hydrogens (tertiary/aromatic N) is 3. The number of aromatic nitrogens is 1. The molecule has 1 aromatic carbocycles. The van der Waals surface area contributed by atoms with E-state index in [0.29, 0.717) is 22.9 Å². The van der Waals surface area contributed by atoms with E-state index < -0.39 is 11.1 Å². The summed E-state index contributed by atoms with van der Waals surface area (Å²) in [7, 11) is 1.63. The lowest BCUT2D eigenvalue weighted by molar-refractivity contribution is -0.133. The number of benzene rings is 1. The summed E-state index contributed by atoms with van der Waals surface area (Å²) in [5, 5.41) is 0.631. The van der Waals surface area contributed by atoms with Gasteiger partial charge in [-0.3, -0.25) is 9.69 Å². The van der Waals surface area contributed by atoms with E-state index in [2.05, 4.69) is 9.98 Å². The van der Waals surface area contributed by atoms with E-state index in [9.17, 15) is 4.79 Å². The summed E-state index contributed by atoms with van der Waals surface area (Å²) in [6.45, 7) is 3.84. The highest BCUT2D eigenvalue weighted by Gasteiger charge is 2.56. The van der Waals surface area contributed by atoms with Crippen molar-refractivity contribution in [2.75, 3.05) is 7.05 Å². The average molecular weight is 371 g/mol. The number of nitrogens with two attached hydrogens (primary N) is 1. The van der Waals surface area contributed by atoms with Gasteiger partial charge in [-0.1, -0.05) is 23.7 Å². The van der Waals surface area contributed by atoms with Crippen LogP contribution >= 0.6 is 11.6 Å². The van der Waals surface area contributed by atoms with Crippen LogP contribution in [-0.2, 0) is 10.3 Å². The minimum absolute atomic E-state index is 0.169. The number of pyridine rings is 1. The highest BCUT2D eigenvalue weighted by molar-refractivity contribution is 6.30. The topological polar surface area (TPSA) is 80.8 Å². The molecule has 6 nitrogen and oxygen atoms in total. The van der Waals surface area contributed by atoms with Gasteiger partial charge in [0, 0.05) is 30.3 Å². The van der Waals surface area contributed by atoms with Gasteiger partial charge in [0.05, 0.1) is 5.56 Å². The van der Waals surface area contributed by atoms with Crippen molar-refractivity contribution in [2.45, 2.75) is 31.4 Å². The highest BCUT2D eigenvalue weighted by Crippen LogP contribution is 2.48. The number of halogens is 1. The molecular formula is C19H19ClN4O2. The first kappa shape index (κ1) is 16.8. The number of aliphatic imine (C=N–C) groups is 1. The van der Waals surface area contributed by atoms with E-state index in [-0.39, 0.29) is 11.9 Å². The monoisotopic (exact) mass is 370 g/mol. The third-order valence-corrected chi connectivity index (χ3v) is 5.05. The number of rotatable bonds is 1. The Balaban J connectivity index is 1.93. The number of hydrogen-bond acceptors (Lipinski definition) is 5. The SMILES string of the molecule is CN1C(=O)C2(CC(C)(C)Oc3ncc(-c4cccc(Cl)c4)cc32)N=C1N. The third-order valence-electron chi connectivity index (χ3n) is 4.82. The molecule has 1 unspecified atom stereocenters. The van der Waals surface area contributed by atoms with Gasteiger partial charge in [-0.15, -0.1) is 0 Å². The van der Waals surface area contributed by atoms with Crippen LogP contribution in [0.1, 0.15) is 25.8 Å². The quantitative estimate of drug-likeness (QED) is 0.836. The van der Waals surface area contributed by atoms with Crippen molar-refractivity contribution >= 4 is 23.5 Å². The second-order valence-corrected chi connectivity index (χ2v) is 7.76. The van der Waals surface area contributed by atoms with Gasteiger partial charge < -0.3 is 10.5 Å². The molecule has 0 radical (unpaired) electrons. The van der Waals surface area contributed by atoms with Crippen molar-refractivity contribution in [1.82, 2.24) is 9.88 Å². The van der Waals surface area contributed by atoms with E-state index in [1.54, 1.807) is 13.2 Å². The lowest BCUT2D eigenvalue weighted by atomic mass is 9.78. The fraction of sp³-hybridized carbons (Fsp3) is 0.316. The molecule has 1 aromatic heterocycles. The van der Waals surface area contributed by atoms with Crippen molar-refractivity contribution in [1.29, 1.82) is 0 Å². The van der Waals surface area contributed by atoms with Crippen molar-refractivity contribution < 1.29 is 9.53 Å². The van der Waals surface area contributed by atoms with Gasteiger partial charge >= 0.3 is 0 Å². The molecule has 2 aliphatic heterocycles. The smallest absolute Gasteiger partial charge is 0.262 e. The Morgan fingerprint density at radius 3 is 2.69 bits per heavy atom. The molecule has 0 saturated carbocycles. The van der Waals surface area contributed by atoms with Crippen molar-refractivity contribution in [3.05, 3.63) is 47.1 Å². The van der Waals surface area contributed by atoms with E-state index in [4.69, 9.17) is 22.1 Å². The number of carbonyl (C=O) groups is 1. The molecule has 0 aliphatic carbocycles. The predicted octanol–water partition coefficient (Wildman–Crippen LogP) is 2.95. The van der Waals surface area contributed by atoms with Gasteiger partial charge in [0.15, 0.2) is 11.5 Å². The lowest BCUT2D eigenvalue weighted by Crippen LogP contribution is -2.49. The van der Waals surface area contributed by atoms with Crippen LogP contribution in [0.25, 0.3) is 11.1 Å². The average Bonchev–Trinajstić information content (AvgIpc) is 2.78. The number of carbonyl (C=O) groups excluding carboxylic acids is 1. The Morgan fingerprint density at radius 1 is 1.27 bits per heavy atom. The van der Waals surface area contributed by atoms with Crippen LogP contribution in [0, 0.1) is 0 Å². The molecule has 7 heteroatoms. The summed E-state index contributed by atoms with van der Waals surface area (Å²) in [4.78, 5) is 23.5. The fourth-order valence-electron chi connectivity index (χ4n) is 3.66. The zero-order valence-corrected chi connectivity index (χ0v) is 15.5. The molecule has 1 spiro atoms. The first-order valence-corrected chi connectivity index (χ1v) is 8.69. The van der Waals surface area contributed by atoms with Crippen molar-refractivity contribution in [2.24, 2.45) is 10.7 Å². The summed E-state index contributed by atoms with van der Waals surface area (Å²) in [6, 6.07) is 9.37. The van der Waals surface area contributed by atoms with E-state index in [1.165, 1.54) is 4.90 Å². The van der Waals surface area contributed by atoms with Gasteiger partial charge in [0.25, 0.3) is 5.91 Å². The van der Waals surface area contributed by atoms with Crippen LogP contribution in [0.4, 0.5) is 0 Å². The molecule has 0 saturated heterocycles. The fourth-order valence-corrected chi connectivity index (χ4v) is 3.85. The van der Waals surface area contributed by atoms with Crippen LogP contribution in [0.5, 0.6) is 5.88 Å². The number of fused-ring (bicyclic) bond motifs is 2. The number of guanidine groups is 1. The molecule has 26 heavy (non-hydrogen) atoms. The molecule has 3 heterocycles. The molecule has 2 aromatic rings. The van der Waals surface area contributed by atoms with Crippen LogP contribution in [-0.4, -0.2) is 34.4 Å². The molecule has 4 rings (SSSR count).